The number of aliphatic hydroxyl groups excluding tert-OH is 1. The molecule has 0 saturated carbocycles. The molecule has 0 aliphatic carbocycles. The summed E-state index contributed by atoms with van der Waals surface area (Å²) in [6, 6.07) is 14.0. The number of anilines is 3. The van der Waals surface area contributed by atoms with Crippen molar-refractivity contribution in [2.24, 2.45) is 0 Å². The number of rotatable bonds is 5. The van der Waals surface area contributed by atoms with Gasteiger partial charge >= 0.3 is 0 Å². The summed E-state index contributed by atoms with van der Waals surface area (Å²) >= 11 is 0. The number of nitrogens with zero attached hydrogens (tertiary/aromatic N) is 2. The lowest BCUT2D eigenvalue weighted by atomic mass is 10.1. The van der Waals surface area contributed by atoms with Crippen molar-refractivity contribution in [3.63, 3.8) is 0 Å². The number of benzene rings is 2. The Morgan fingerprint density at radius 2 is 1.79 bits per heavy atom. The third-order valence-electron chi connectivity index (χ3n) is 3.77. The summed E-state index contributed by atoms with van der Waals surface area (Å²) in [5.74, 6) is 1.25. The van der Waals surface area contributed by atoms with E-state index in [1.807, 2.05) is 30.3 Å². The van der Waals surface area contributed by atoms with Crippen LogP contribution in [0.3, 0.4) is 0 Å². The second kappa shape index (κ2) is 7.95. The van der Waals surface area contributed by atoms with Crippen LogP contribution in [0, 0.1) is 13.8 Å². The molecule has 3 aromatic rings. The van der Waals surface area contributed by atoms with Gasteiger partial charge in [0.15, 0.2) is 0 Å². The molecule has 6 heteroatoms. The molecule has 1 aromatic heterocycles. The first-order chi connectivity index (χ1) is 11.2. The number of aromatic nitrogens is 2. The first-order valence-electron chi connectivity index (χ1n) is 7.63. The Labute approximate surface area is 147 Å². The molecular weight excluding hydrogens is 324 g/mol. The molecule has 0 aliphatic heterocycles. The van der Waals surface area contributed by atoms with Crippen LogP contribution in [-0.2, 0) is 0 Å². The topological polar surface area (TPSA) is 70.1 Å². The largest absolute Gasteiger partial charge is 1.00 e. The highest BCUT2D eigenvalue weighted by Gasteiger charge is 2.07. The van der Waals surface area contributed by atoms with Gasteiger partial charge < -0.3 is 28.1 Å². The van der Waals surface area contributed by atoms with E-state index in [-0.39, 0.29) is 19.0 Å². The van der Waals surface area contributed by atoms with E-state index in [1.54, 1.807) is 0 Å². The van der Waals surface area contributed by atoms with Gasteiger partial charge in [-0.05, 0) is 49.2 Å². The van der Waals surface area contributed by atoms with E-state index in [1.165, 1.54) is 11.1 Å². The zero-order valence-corrected chi connectivity index (χ0v) is 14.4. The molecule has 0 radical (unpaired) electrons. The molecule has 0 aliphatic rings. The minimum absolute atomic E-state index is 0. The van der Waals surface area contributed by atoms with Crippen LogP contribution in [0.4, 0.5) is 17.5 Å². The molecule has 0 fully saturated rings. The van der Waals surface area contributed by atoms with Crippen molar-refractivity contribution in [1.29, 1.82) is 0 Å². The summed E-state index contributed by atoms with van der Waals surface area (Å²) in [5, 5.41) is 16.4. The average Bonchev–Trinajstić information content (AvgIpc) is 2.56. The highest BCUT2D eigenvalue weighted by molar-refractivity contribution is 5.90. The molecule has 0 atom stereocenters. The second-order valence-corrected chi connectivity index (χ2v) is 5.49. The quantitative estimate of drug-likeness (QED) is 0.625. The molecule has 1 heterocycles. The maximum absolute atomic E-state index is 9.04. The second-order valence-electron chi connectivity index (χ2n) is 5.49. The Balaban J connectivity index is 0.00000208. The number of nitrogens with one attached hydrogen (secondary N) is 2. The highest BCUT2D eigenvalue weighted by Crippen LogP contribution is 2.24. The van der Waals surface area contributed by atoms with Crippen LogP contribution in [0.2, 0.25) is 0 Å². The van der Waals surface area contributed by atoms with E-state index in [9.17, 15) is 0 Å². The van der Waals surface area contributed by atoms with Crippen molar-refractivity contribution in [2.75, 3.05) is 23.8 Å². The Morgan fingerprint density at radius 1 is 1.00 bits per heavy atom. The maximum atomic E-state index is 9.04. The lowest BCUT2D eigenvalue weighted by Crippen LogP contribution is -3.00. The Hall–Kier alpha value is -2.37. The van der Waals surface area contributed by atoms with Crippen LogP contribution < -0.4 is 23.0 Å². The number of hydrogen-bond donors (Lipinski definition) is 3. The normalized spacial score (nSPS) is 10.3. The van der Waals surface area contributed by atoms with Gasteiger partial charge in [0, 0.05) is 17.6 Å². The molecule has 24 heavy (non-hydrogen) atoms. The summed E-state index contributed by atoms with van der Waals surface area (Å²) in [7, 11) is 0. The molecule has 0 saturated heterocycles. The van der Waals surface area contributed by atoms with Gasteiger partial charge in [-0.3, -0.25) is 0 Å². The van der Waals surface area contributed by atoms with Gasteiger partial charge in [-0.1, -0.05) is 18.2 Å². The van der Waals surface area contributed by atoms with Gasteiger partial charge in [0.05, 0.1) is 12.1 Å². The van der Waals surface area contributed by atoms with Crippen molar-refractivity contribution in [1.82, 2.24) is 9.97 Å². The molecule has 0 amide bonds. The van der Waals surface area contributed by atoms with Gasteiger partial charge in [-0.2, -0.15) is 4.98 Å². The first kappa shape index (κ1) is 18.0. The number of aliphatic hydroxyl groups is 1. The highest BCUT2D eigenvalue weighted by atomic mass is 35.5. The maximum Gasteiger partial charge on any atom is 0.229 e. The summed E-state index contributed by atoms with van der Waals surface area (Å²) in [6.07, 6.45) is 0. The Bertz CT molecular complexity index is 838. The smallest absolute Gasteiger partial charge is 0.229 e. The molecule has 2 aromatic carbocycles. The number of aryl methyl sites for hydroxylation is 2. The summed E-state index contributed by atoms with van der Waals surface area (Å²) in [5.41, 5.74) is 4.28. The van der Waals surface area contributed by atoms with E-state index < -0.39 is 0 Å². The average molecular weight is 344 g/mol. The van der Waals surface area contributed by atoms with Crippen LogP contribution >= 0.6 is 0 Å². The van der Waals surface area contributed by atoms with Crippen molar-refractivity contribution in [3.8, 4) is 0 Å². The van der Waals surface area contributed by atoms with Crippen LogP contribution in [0.5, 0.6) is 0 Å². The van der Waals surface area contributed by atoms with Crippen molar-refractivity contribution < 1.29 is 17.5 Å². The third kappa shape index (κ3) is 3.93. The fourth-order valence-electron chi connectivity index (χ4n) is 2.39. The van der Waals surface area contributed by atoms with E-state index in [4.69, 9.17) is 5.11 Å². The van der Waals surface area contributed by atoms with E-state index in [0.717, 1.165) is 22.4 Å². The lowest BCUT2D eigenvalue weighted by Gasteiger charge is -2.12. The van der Waals surface area contributed by atoms with Crippen molar-refractivity contribution >= 4 is 28.4 Å². The number of fused-ring (bicyclic) bond motifs is 1. The fourth-order valence-corrected chi connectivity index (χ4v) is 2.39. The Morgan fingerprint density at radius 3 is 2.54 bits per heavy atom. The summed E-state index contributed by atoms with van der Waals surface area (Å²) in [6.45, 7) is 4.67. The van der Waals surface area contributed by atoms with Gasteiger partial charge in [-0.15, -0.1) is 0 Å². The number of halogens is 1. The molecule has 126 valence electrons. The van der Waals surface area contributed by atoms with Crippen molar-refractivity contribution in [3.05, 3.63) is 53.6 Å². The first-order valence-corrected chi connectivity index (χ1v) is 7.63. The van der Waals surface area contributed by atoms with Gasteiger partial charge in [-0.25, -0.2) is 4.98 Å². The molecule has 3 rings (SSSR count). The van der Waals surface area contributed by atoms with Gasteiger partial charge in [0.1, 0.15) is 5.82 Å². The standard InChI is InChI=1S/C18H20N4O.ClH/c1-12-7-8-14(11-13(12)2)20-18-21-16-6-4-3-5-15(16)17(22-18)19-9-10-23;/h3-8,11,23H,9-10H2,1-2H3,(H2,19,20,21,22);1H/p-1. The zero-order valence-electron chi connectivity index (χ0n) is 13.7. The monoisotopic (exact) mass is 343 g/mol. The Kier molecular flexibility index (Phi) is 5.95. The van der Waals surface area contributed by atoms with E-state index in [0.29, 0.717) is 12.5 Å². The third-order valence-corrected chi connectivity index (χ3v) is 3.77. The van der Waals surface area contributed by atoms with Crippen LogP contribution in [-0.4, -0.2) is 28.2 Å². The van der Waals surface area contributed by atoms with Crippen molar-refractivity contribution in [2.45, 2.75) is 13.8 Å². The lowest BCUT2D eigenvalue weighted by molar-refractivity contribution is -0.00000592. The fraction of sp³-hybridized carbons (Fsp3) is 0.222. The van der Waals surface area contributed by atoms with Crippen LogP contribution in [0.1, 0.15) is 11.1 Å². The molecule has 3 N–H and O–H groups in total. The van der Waals surface area contributed by atoms with Gasteiger partial charge in [0.2, 0.25) is 5.95 Å². The summed E-state index contributed by atoms with van der Waals surface area (Å²) < 4.78 is 0. The molecular formula is C18H20ClN4O-. The predicted molar refractivity (Wildman–Crippen MR) is 94.3 cm³/mol. The van der Waals surface area contributed by atoms with Crippen LogP contribution in [0.15, 0.2) is 42.5 Å². The summed E-state index contributed by atoms with van der Waals surface area (Å²) in [4.78, 5) is 9.11. The minimum Gasteiger partial charge on any atom is -1.00 e. The van der Waals surface area contributed by atoms with Gasteiger partial charge in [0.25, 0.3) is 0 Å². The molecule has 0 bridgehead atoms. The van der Waals surface area contributed by atoms with Crippen LogP contribution in [0.25, 0.3) is 10.9 Å². The van der Waals surface area contributed by atoms with E-state index >= 15 is 0 Å². The molecule has 0 spiro atoms. The zero-order chi connectivity index (χ0) is 16.2. The SMILES string of the molecule is Cc1ccc(Nc2nc(NCCO)c3ccccc3n2)cc1C.[Cl-]. The predicted octanol–water partition coefficient (Wildman–Crippen LogP) is 0.398. The molecule has 5 nitrogen and oxygen atoms in total. The number of hydrogen-bond acceptors (Lipinski definition) is 5. The molecule has 0 unspecified atom stereocenters. The number of para-hydroxylation sites is 1. The van der Waals surface area contributed by atoms with E-state index in [2.05, 4.69) is 46.6 Å². The minimum atomic E-state index is 0.